The van der Waals surface area contributed by atoms with Crippen LogP contribution < -0.4 is 23.7 Å². The second kappa shape index (κ2) is 19.0. The molecule has 2 aliphatic heterocycles. The van der Waals surface area contributed by atoms with Crippen LogP contribution in [-0.4, -0.2) is 251 Å². The van der Waals surface area contributed by atoms with Gasteiger partial charge in [0.25, 0.3) is 52.7 Å². The number of methoxy groups -OCH3 is 3. The summed E-state index contributed by atoms with van der Waals surface area (Å²) in [6.45, 7) is -3.37. The molecule has 35 nitrogen and oxygen atoms in total. The van der Waals surface area contributed by atoms with Gasteiger partial charge in [-0.25, -0.2) is 0 Å². The number of ether oxygens (including phenoxy) is 5. The Morgan fingerprint density at radius 1 is 0.482 bits per heavy atom. The largest absolute Gasteiger partial charge is 0.504 e. The number of hydrogen-bond acceptors (Lipinski definition) is 35. The number of carbonyl (C=O) groups excluding carboxylic acids is 2. The molecular weight excluding hydrogens is 1130 g/mol. The van der Waals surface area contributed by atoms with Crippen LogP contribution in [0, 0.1) is 0 Å². The summed E-state index contributed by atoms with van der Waals surface area (Å²) >= 11 is 0. The van der Waals surface area contributed by atoms with Gasteiger partial charge in [0.1, 0.15) is 11.2 Å². The predicted octanol–water partition coefficient (Wildman–Crippen LogP) is -9.96. The number of rotatable bonds is 15. The average molecular weight is 1190 g/mol. The first-order valence-electron chi connectivity index (χ1n) is 23.6. The van der Waals surface area contributed by atoms with Crippen molar-refractivity contribution in [1.29, 1.82) is 0 Å². The standard InChI is InChI=1S/C48H56N2O33/c1-79-25-9-19-13-36(57,34(55)22(19)11-27(25)81-3)16-38(59)41(63,64)45(71,72)49(46(73,74)42(38,65)66)15-24-29(51)31(53)33(32(54)30(24)52)83-18-82-28-12-23-20(10-26(28)80-2)14-37(58,35(23)56)17-39(60)43(67,68)47(75,76)50(48(77,78)44(39,69)70)40(61,62)21-7-5-4-6-8-21/h4-12,51-54,57-78H,13-18H2,1-3H3. The van der Waals surface area contributed by atoms with Crippen molar-refractivity contribution in [3.63, 3.8) is 0 Å². The van der Waals surface area contributed by atoms with E-state index in [-0.39, 0.29) is 28.2 Å². The number of phenols is 4. The number of ketones is 2. The van der Waals surface area contributed by atoms with Crippen molar-refractivity contribution in [1.82, 2.24) is 9.80 Å². The Morgan fingerprint density at radius 2 is 0.843 bits per heavy atom. The quantitative estimate of drug-likeness (QED) is 0.0299. The number of nitrogens with zero attached hydrogens (tertiary/aromatic N) is 2. The predicted molar refractivity (Wildman–Crippen MR) is 254 cm³/mol. The van der Waals surface area contributed by atoms with E-state index in [0.717, 1.165) is 55.6 Å². The van der Waals surface area contributed by atoms with Gasteiger partial charge >= 0.3 is 0 Å². The smallest absolute Gasteiger partial charge is 0.294 e. The average Bonchev–Trinajstić information content (AvgIpc) is 0.851. The van der Waals surface area contributed by atoms with Crippen LogP contribution in [0.15, 0.2) is 54.6 Å². The minimum atomic E-state index is -5.05. The van der Waals surface area contributed by atoms with E-state index in [9.17, 15) is 142 Å². The fraction of sp³-hybridized carbons (Fsp3) is 0.458. The Hall–Kier alpha value is -6.54. The molecule has 2 saturated heterocycles. The number of aromatic hydroxyl groups is 4. The number of benzene rings is 4. The lowest BCUT2D eigenvalue weighted by molar-refractivity contribution is -0.629. The number of Topliss-reactive ketones (excluding diaryl/α,β-unsaturated/α-hetero) is 2. The summed E-state index contributed by atoms with van der Waals surface area (Å²) < 4.78 is 26.0. The number of aliphatic hydroxyl groups is 22. The molecule has 83 heavy (non-hydrogen) atoms. The summed E-state index contributed by atoms with van der Waals surface area (Å²) in [6.07, 6.45) is -6.29. The van der Waals surface area contributed by atoms with Gasteiger partial charge in [-0.2, -0.15) is 4.90 Å². The summed E-state index contributed by atoms with van der Waals surface area (Å²) in [4.78, 5) is 25.4. The molecular formula is C48H56N2O33. The first kappa shape index (κ1) is 62.5. The maximum absolute atomic E-state index is 14.0. The van der Waals surface area contributed by atoms with E-state index in [0.29, 0.717) is 0 Å². The van der Waals surface area contributed by atoms with Crippen LogP contribution in [0.25, 0.3) is 0 Å². The van der Waals surface area contributed by atoms with E-state index in [4.69, 9.17) is 23.7 Å². The summed E-state index contributed by atoms with van der Waals surface area (Å²) in [5.74, 6) is -56.4. The van der Waals surface area contributed by atoms with Crippen molar-refractivity contribution >= 4 is 11.6 Å². The van der Waals surface area contributed by atoms with Crippen molar-refractivity contribution in [3.8, 4) is 51.7 Å². The third-order valence-corrected chi connectivity index (χ3v) is 15.6. The van der Waals surface area contributed by atoms with Gasteiger partial charge < -0.3 is 156 Å². The third kappa shape index (κ3) is 8.15. The molecule has 2 unspecified atom stereocenters. The third-order valence-electron chi connectivity index (χ3n) is 15.6. The lowest BCUT2D eigenvalue weighted by Gasteiger charge is -2.65. The van der Waals surface area contributed by atoms with Crippen molar-refractivity contribution < 1.29 is 166 Å². The maximum Gasteiger partial charge on any atom is 0.294 e. The molecule has 0 aromatic heterocycles. The lowest BCUT2D eigenvalue weighted by Crippen LogP contribution is -2.95. The Morgan fingerprint density at radius 3 is 1.24 bits per heavy atom. The van der Waals surface area contributed by atoms with E-state index in [1.54, 1.807) is 0 Å². The second-order valence-corrected chi connectivity index (χ2v) is 20.4. The molecule has 4 aromatic carbocycles. The molecule has 8 rings (SSSR count). The van der Waals surface area contributed by atoms with Crippen LogP contribution >= 0.6 is 0 Å². The minimum absolute atomic E-state index is 0.0137. The van der Waals surface area contributed by atoms with Crippen LogP contribution in [0.5, 0.6) is 51.7 Å². The van der Waals surface area contributed by atoms with Crippen LogP contribution in [0.1, 0.15) is 55.8 Å². The van der Waals surface area contributed by atoms with Gasteiger partial charge in [0.2, 0.25) is 24.0 Å². The molecule has 0 bridgehead atoms. The second-order valence-electron chi connectivity index (χ2n) is 20.4. The lowest BCUT2D eigenvalue weighted by atomic mass is 9.68. The van der Waals surface area contributed by atoms with Crippen molar-refractivity contribution in [2.45, 2.75) is 107 Å². The number of carbonyl (C=O) groups is 2. The number of piperidine rings is 2. The number of likely N-dealkylation sites (tertiary alicyclic amines) is 2. The minimum Gasteiger partial charge on any atom is -0.504 e. The van der Waals surface area contributed by atoms with Gasteiger partial charge in [-0.15, -0.1) is 4.90 Å². The molecule has 2 fully saturated rings. The van der Waals surface area contributed by atoms with Gasteiger partial charge in [-0.05, 0) is 35.4 Å². The molecule has 4 aliphatic rings. The van der Waals surface area contributed by atoms with Crippen LogP contribution in [0.4, 0.5) is 0 Å². The molecule has 2 heterocycles. The monoisotopic (exact) mass is 1190 g/mol. The van der Waals surface area contributed by atoms with E-state index in [1.165, 1.54) is 20.3 Å². The van der Waals surface area contributed by atoms with Gasteiger partial charge in [0, 0.05) is 48.9 Å². The van der Waals surface area contributed by atoms with Crippen molar-refractivity contribution in [3.05, 3.63) is 88.0 Å². The fourth-order valence-corrected chi connectivity index (χ4v) is 10.9. The highest BCUT2D eigenvalue weighted by molar-refractivity contribution is 6.08. The molecule has 2 aliphatic carbocycles. The summed E-state index contributed by atoms with van der Waals surface area (Å²) in [7, 11) is 3.34. The molecule has 0 radical (unpaired) electrons. The normalized spacial score (nSPS) is 25.7. The molecule has 0 amide bonds. The molecule has 0 spiro atoms. The highest BCUT2D eigenvalue weighted by Crippen LogP contribution is 2.60. The molecule has 0 saturated carbocycles. The zero-order valence-corrected chi connectivity index (χ0v) is 42.8. The van der Waals surface area contributed by atoms with Crippen LogP contribution in [0.2, 0.25) is 0 Å². The maximum atomic E-state index is 14.0. The highest BCUT2D eigenvalue weighted by atomic mass is 16.7. The molecule has 26 N–H and O–H groups in total. The topological polar surface area (TPSA) is 613 Å². The first-order valence-corrected chi connectivity index (χ1v) is 23.6. The SMILES string of the molecule is COc1cc2c(cc1OC)C(=O)C(O)(CC1(O)C(O)(O)C(O)(O)N(Cc3c(O)c(O)c(OCOc4cc5c(cc4OC)CC(O)(CC4(O)C(O)(O)C(O)(O)N(C(O)(O)c6ccccc6)C(O)(O)C4(O)O)C5=O)c(O)c3O)C(O)(O)C1(O)O)C2. The molecule has 4 aromatic rings. The number of fused-ring (bicyclic) bond motifs is 2. The first-order chi connectivity index (χ1) is 37.8. The van der Waals surface area contributed by atoms with E-state index < -0.39 is 192 Å². The van der Waals surface area contributed by atoms with Crippen LogP contribution in [-0.2, 0) is 25.3 Å². The van der Waals surface area contributed by atoms with Gasteiger partial charge in [0.05, 0.1) is 26.9 Å². The fourth-order valence-electron chi connectivity index (χ4n) is 10.9. The molecule has 2 atom stereocenters. The van der Waals surface area contributed by atoms with E-state index >= 15 is 0 Å². The Kier molecular flexibility index (Phi) is 14.3. The molecule has 35 heteroatoms. The Bertz CT molecular complexity index is 3200. The van der Waals surface area contributed by atoms with Crippen molar-refractivity contribution in [2.75, 3.05) is 28.1 Å². The number of phenolic OH excluding ortho intramolecular Hbond substituents is 4. The Labute approximate surface area is 461 Å². The summed E-state index contributed by atoms with van der Waals surface area (Å²) in [5.41, 5.74) is -19.8. The Balaban J connectivity index is 1.03. The van der Waals surface area contributed by atoms with E-state index in [1.807, 2.05) is 0 Å². The highest BCUT2D eigenvalue weighted by Gasteiger charge is 2.89. The van der Waals surface area contributed by atoms with E-state index in [2.05, 4.69) is 0 Å². The summed E-state index contributed by atoms with van der Waals surface area (Å²) in [6, 6.07) is 8.85. The van der Waals surface area contributed by atoms with Crippen molar-refractivity contribution in [2.24, 2.45) is 0 Å². The zero-order valence-electron chi connectivity index (χ0n) is 42.8. The van der Waals surface area contributed by atoms with Crippen LogP contribution in [0.3, 0.4) is 0 Å². The summed E-state index contributed by atoms with van der Waals surface area (Å²) in [5, 5.41) is 291. The van der Waals surface area contributed by atoms with Gasteiger partial charge in [0.15, 0.2) is 57.3 Å². The number of hydrogen-bond donors (Lipinski definition) is 26. The molecule has 456 valence electrons. The zero-order chi connectivity index (χ0) is 62.6. The van der Waals surface area contributed by atoms with Gasteiger partial charge in [-0.1, -0.05) is 30.3 Å². The van der Waals surface area contributed by atoms with Gasteiger partial charge in [-0.3, -0.25) is 9.59 Å².